The number of para-hydroxylation sites is 1. The van der Waals surface area contributed by atoms with Gasteiger partial charge in [-0.05, 0) is 18.6 Å². The molecule has 124 valence electrons. The molecule has 2 aromatic carbocycles. The predicted molar refractivity (Wildman–Crippen MR) is 107 cm³/mol. The van der Waals surface area contributed by atoms with Crippen molar-refractivity contribution in [3.05, 3.63) is 65.2 Å². The summed E-state index contributed by atoms with van der Waals surface area (Å²) in [5, 5.41) is 6.61. The van der Waals surface area contributed by atoms with Crippen molar-refractivity contribution in [3.63, 3.8) is 0 Å². The van der Waals surface area contributed by atoms with Gasteiger partial charge in [-0.25, -0.2) is 0 Å². The van der Waals surface area contributed by atoms with E-state index in [0.717, 1.165) is 23.8 Å². The molecule has 0 radical (unpaired) electrons. The minimum absolute atomic E-state index is 0. The van der Waals surface area contributed by atoms with Crippen molar-refractivity contribution in [3.8, 4) is 5.75 Å². The molecule has 0 saturated heterocycles. The first-order chi connectivity index (χ1) is 10.7. The van der Waals surface area contributed by atoms with E-state index >= 15 is 0 Å². The molecule has 0 aromatic heterocycles. The third kappa shape index (κ3) is 6.09. The standard InChI is InChI=1S/C18H23N3O.HI/c1-14-8-10-15(11-9-14)12-20-18(19-2)21-13-16-6-4-5-7-17(16)22-3;/h4-11H,12-13H2,1-3H3,(H2,19,20,21);1H. The Morgan fingerprint density at radius 3 is 2.30 bits per heavy atom. The number of rotatable bonds is 5. The maximum atomic E-state index is 5.35. The minimum Gasteiger partial charge on any atom is -0.496 e. The van der Waals surface area contributed by atoms with Gasteiger partial charge in [0.2, 0.25) is 0 Å². The van der Waals surface area contributed by atoms with Gasteiger partial charge in [0.05, 0.1) is 7.11 Å². The third-order valence-corrected chi connectivity index (χ3v) is 3.44. The lowest BCUT2D eigenvalue weighted by Gasteiger charge is -2.13. The number of aliphatic imine (C=N–C) groups is 1. The number of hydrogen-bond acceptors (Lipinski definition) is 2. The van der Waals surface area contributed by atoms with Crippen LogP contribution in [0.3, 0.4) is 0 Å². The molecule has 0 aliphatic carbocycles. The second kappa shape index (κ2) is 10.1. The zero-order chi connectivity index (χ0) is 15.8. The van der Waals surface area contributed by atoms with E-state index in [1.165, 1.54) is 11.1 Å². The fourth-order valence-corrected chi connectivity index (χ4v) is 2.14. The number of benzene rings is 2. The highest BCUT2D eigenvalue weighted by atomic mass is 127. The van der Waals surface area contributed by atoms with Crippen molar-refractivity contribution >= 4 is 29.9 Å². The topological polar surface area (TPSA) is 45.7 Å². The van der Waals surface area contributed by atoms with Crippen LogP contribution in [-0.2, 0) is 13.1 Å². The summed E-state index contributed by atoms with van der Waals surface area (Å²) in [6, 6.07) is 16.4. The number of aryl methyl sites for hydroxylation is 1. The molecule has 5 heteroatoms. The van der Waals surface area contributed by atoms with Gasteiger partial charge in [-0.1, -0.05) is 48.0 Å². The Hall–Kier alpha value is -1.76. The molecular weight excluding hydrogens is 401 g/mol. The van der Waals surface area contributed by atoms with Crippen LogP contribution < -0.4 is 15.4 Å². The van der Waals surface area contributed by atoms with Crippen molar-refractivity contribution in [1.82, 2.24) is 10.6 Å². The van der Waals surface area contributed by atoms with Crippen molar-refractivity contribution < 1.29 is 4.74 Å². The molecule has 0 saturated carbocycles. The lowest BCUT2D eigenvalue weighted by Crippen LogP contribution is -2.36. The molecule has 0 aliphatic rings. The highest BCUT2D eigenvalue weighted by Crippen LogP contribution is 2.16. The molecular formula is C18H24IN3O. The third-order valence-electron chi connectivity index (χ3n) is 3.44. The van der Waals surface area contributed by atoms with Crippen LogP contribution in [0.5, 0.6) is 5.75 Å². The molecule has 2 rings (SSSR count). The number of ether oxygens (including phenoxy) is 1. The first kappa shape index (κ1) is 19.3. The van der Waals surface area contributed by atoms with E-state index in [4.69, 9.17) is 4.74 Å². The summed E-state index contributed by atoms with van der Waals surface area (Å²) >= 11 is 0. The van der Waals surface area contributed by atoms with Gasteiger partial charge in [-0.2, -0.15) is 0 Å². The molecule has 0 aliphatic heterocycles. The van der Waals surface area contributed by atoms with Gasteiger partial charge in [0.15, 0.2) is 5.96 Å². The number of guanidine groups is 1. The average Bonchev–Trinajstić information content (AvgIpc) is 2.57. The highest BCUT2D eigenvalue weighted by Gasteiger charge is 2.03. The molecule has 0 unspecified atom stereocenters. The monoisotopic (exact) mass is 425 g/mol. The predicted octanol–water partition coefficient (Wildman–Crippen LogP) is 3.49. The smallest absolute Gasteiger partial charge is 0.191 e. The Morgan fingerprint density at radius 1 is 1.00 bits per heavy atom. The summed E-state index contributed by atoms with van der Waals surface area (Å²) in [5.74, 6) is 1.65. The largest absolute Gasteiger partial charge is 0.496 e. The Bertz CT molecular complexity index is 626. The van der Waals surface area contributed by atoms with Crippen molar-refractivity contribution in [2.24, 2.45) is 4.99 Å². The van der Waals surface area contributed by atoms with E-state index in [2.05, 4.69) is 46.8 Å². The van der Waals surface area contributed by atoms with E-state index in [-0.39, 0.29) is 24.0 Å². The Labute approximate surface area is 155 Å². The molecule has 0 spiro atoms. The Morgan fingerprint density at radius 2 is 1.65 bits per heavy atom. The SMILES string of the molecule is CN=C(NCc1ccc(C)cc1)NCc1ccccc1OC.I. The van der Waals surface area contributed by atoms with Crippen LogP contribution in [0, 0.1) is 6.92 Å². The molecule has 4 nitrogen and oxygen atoms in total. The molecule has 0 atom stereocenters. The van der Waals surface area contributed by atoms with Crippen molar-refractivity contribution in [2.75, 3.05) is 14.2 Å². The van der Waals surface area contributed by atoms with Crippen LogP contribution in [0.1, 0.15) is 16.7 Å². The minimum atomic E-state index is 0. The van der Waals surface area contributed by atoms with Crippen LogP contribution >= 0.6 is 24.0 Å². The number of nitrogens with zero attached hydrogens (tertiary/aromatic N) is 1. The van der Waals surface area contributed by atoms with E-state index in [1.54, 1.807) is 14.2 Å². The molecule has 2 aromatic rings. The Kier molecular flexibility index (Phi) is 8.47. The molecule has 0 heterocycles. The average molecular weight is 425 g/mol. The second-order valence-electron chi connectivity index (χ2n) is 5.08. The van der Waals surface area contributed by atoms with Gasteiger partial charge < -0.3 is 15.4 Å². The molecule has 2 N–H and O–H groups in total. The quantitative estimate of drug-likeness (QED) is 0.438. The normalized spacial score (nSPS) is 10.7. The zero-order valence-corrected chi connectivity index (χ0v) is 16.1. The number of hydrogen-bond donors (Lipinski definition) is 2. The fourth-order valence-electron chi connectivity index (χ4n) is 2.14. The second-order valence-corrected chi connectivity index (χ2v) is 5.08. The van der Waals surface area contributed by atoms with Gasteiger partial charge >= 0.3 is 0 Å². The number of methoxy groups -OCH3 is 1. The Balaban J connectivity index is 0.00000264. The van der Waals surface area contributed by atoms with E-state index < -0.39 is 0 Å². The van der Waals surface area contributed by atoms with Crippen LogP contribution in [0.4, 0.5) is 0 Å². The van der Waals surface area contributed by atoms with E-state index in [0.29, 0.717) is 6.54 Å². The summed E-state index contributed by atoms with van der Waals surface area (Å²) in [7, 11) is 3.45. The molecule has 23 heavy (non-hydrogen) atoms. The first-order valence-electron chi connectivity index (χ1n) is 7.35. The zero-order valence-electron chi connectivity index (χ0n) is 13.8. The van der Waals surface area contributed by atoms with E-state index in [9.17, 15) is 0 Å². The summed E-state index contributed by atoms with van der Waals surface area (Å²) in [6.45, 7) is 3.49. The first-order valence-corrected chi connectivity index (χ1v) is 7.35. The van der Waals surface area contributed by atoms with Crippen LogP contribution in [-0.4, -0.2) is 20.1 Å². The maximum absolute atomic E-state index is 5.35. The summed E-state index contributed by atoms with van der Waals surface area (Å²) in [4.78, 5) is 4.24. The van der Waals surface area contributed by atoms with Crippen molar-refractivity contribution in [1.29, 1.82) is 0 Å². The van der Waals surface area contributed by atoms with E-state index in [1.807, 2.05) is 24.3 Å². The summed E-state index contributed by atoms with van der Waals surface area (Å²) in [5.41, 5.74) is 3.59. The van der Waals surface area contributed by atoms with Crippen LogP contribution in [0.25, 0.3) is 0 Å². The molecule has 0 fully saturated rings. The van der Waals surface area contributed by atoms with Crippen LogP contribution in [0.2, 0.25) is 0 Å². The number of halogens is 1. The van der Waals surface area contributed by atoms with Gasteiger partial charge in [0.1, 0.15) is 5.75 Å². The summed E-state index contributed by atoms with van der Waals surface area (Å²) in [6.07, 6.45) is 0. The van der Waals surface area contributed by atoms with Gasteiger partial charge in [-0.3, -0.25) is 4.99 Å². The van der Waals surface area contributed by atoms with Crippen LogP contribution in [0.15, 0.2) is 53.5 Å². The lowest BCUT2D eigenvalue weighted by atomic mass is 10.1. The fraction of sp³-hybridized carbons (Fsp3) is 0.278. The maximum Gasteiger partial charge on any atom is 0.191 e. The summed E-state index contributed by atoms with van der Waals surface area (Å²) < 4.78 is 5.35. The van der Waals surface area contributed by atoms with Gasteiger partial charge in [0.25, 0.3) is 0 Å². The lowest BCUT2D eigenvalue weighted by molar-refractivity contribution is 0.409. The van der Waals surface area contributed by atoms with Crippen molar-refractivity contribution in [2.45, 2.75) is 20.0 Å². The molecule has 0 bridgehead atoms. The van der Waals surface area contributed by atoms with Gasteiger partial charge in [-0.15, -0.1) is 24.0 Å². The van der Waals surface area contributed by atoms with Gasteiger partial charge in [0, 0.05) is 25.7 Å². The number of nitrogens with one attached hydrogen (secondary N) is 2. The molecule has 0 amide bonds. The highest BCUT2D eigenvalue weighted by molar-refractivity contribution is 14.0.